The highest BCUT2D eigenvalue weighted by atomic mass is 32.2. The zero-order valence-corrected chi connectivity index (χ0v) is 17.3. The molecule has 0 rings (SSSR count). The summed E-state index contributed by atoms with van der Waals surface area (Å²) in [6, 6.07) is 0. The molecule has 0 bridgehead atoms. The first-order chi connectivity index (χ1) is 15.4. The van der Waals surface area contributed by atoms with Gasteiger partial charge in [0.05, 0.1) is 0 Å². The van der Waals surface area contributed by atoms with Gasteiger partial charge in [0.25, 0.3) is 6.17 Å². The van der Waals surface area contributed by atoms with E-state index in [0.717, 1.165) is 0 Å². The molecule has 0 aliphatic heterocycles. The second kappa shape index (κ2) is 9.18. The molecule has 0 heterocycles. The predicted octanol–water partition coefficient (Wildman–Crippen LogP) is 6.48. The molecule has 232 valence electrons. The molecule has 0 amide bonds. The first-order valence-electron chi connectivity index (χ1n) is 7.47. The van der Waals surface area contributed by atoms with Crippen molar-refractivity contribution in [2.24, 2.45) is 0 Å². The minimum atomic E-state index is -9.44. The molecule has 0 saturated carbocycles. The molecule has 0 spiro atoms. The van der Waals surface area contributed by atoms with Gasteiger partial charge >= 0.3 is 58.8 Å². The summed E-state index contributed by atoms with van der Waals surface area (Å²) in [6.45, 7) is 0. The van der Waals surface area contributed by atoms with Crippen molar-refractivity contribution in [2.45, 2.75) is 65.0 Å². The van der Waals surface area contributed by atoms with Gasteiger partial charge < -0.3 is 10.7 Å². The second-order valence-electron chi connectivity index (χ2n) is 6.52. The Morgan fingerprint density at radius 1 is 0.447 bits per heavy atom. The van der Waals surface area contributed by atoms with Crippen molar-refractivity contribution in [3.8, 4) is 0 Å². The quantitative estimate of drug-likeness (QED) is 0.217. The van der Waals surface area contributed by atoms with E-state index in [-0.39, 0.29) is 6.15 Å². The van der Waals surface area contributed by atoms with E-state index in [9.17, 15) is 110 Å². The molecular weight excluding hydrogens is 644 g/mol. The maximum absolute atomic E-state index is 13.4. The van der Waals surface area contributed by atoms with Crippen LogP contribution in [0.15, 0.2) is 0 Å². The second-order valence-corrected chi connectivity index (χ2v) is 7.94. The van der Waals surface area contributed by atoms with Crippen molar-refractivity contribution in [1.29, 1.82) is 0 Å². The molecule has 0 radical (unpaired) electrons. The summed E-state index contributed by atoms with van der Waals surface area (Å²) in [7, 11) is -8.37. The lowest BCUT2D eigenvalue weighted by molar-refractivity contribution is -0.463. The molecule has 0 aliphatic rings. The van der Waals surface area contributed by atoms with Gasteiger partial charge in [0.2, 0.25) is 0 Å². The van der Waals surface area contributed by atoms with Gasteiger partial charge in [-0.25, -0.2) is 12.8 Å². The van der Waals surface area contributed by atoms with Gasteiger partial charge in [-0.2, -0.15) is 92.2 Å². The van der Waals surface area contributed by atoms with Gasteiger partial charge in [-0.05, 0) is 0 Å². The lowest BCUT2D eigenvalue weighted by Gasteiger charge is -2.44. The molecule has 27 heteroatoms. The molecule has 4 nitrogen and oxygen atoms in total. The zero-order valence-electron chi connectivity index (χ0n) is 16.5. The Kier molecular flexibility index (Phi) is 9.30. The van der Waals surface area contributed by atoms with Crippen LogP contribution in [-0.2, 0) is 10.1 Å². The van der Waals surface area contributed by atoms with Crippen LogP contribution in [0, 0.1) is 0 Å². The lowest BCUT2D eigenvalue weighted by atomic mass is 9.86. The lowest BCUT2D eigenvalue weighted by Crippen LogP contribution is -2.77. The average Bonchev–Trinajstić information content (AvgIpc) is 2.64. The van der Waals surface area contributed by atoms with E-state index < -0.39 is 75.1 Å². The first-order valence-corrected chi connectivity index (χ1v) is 8.88. The van der Waals surface area contributed by atoms with Crippen molar-refractivity contribution in [2.75, 3.05) is 0 Å². The van der Waals surface area contributed by atoms with Crippen molar-refractivity contribution in [1.82, 2.24) is 6.15 Å². The fraction of sp³-hybridized carbons (Fsp3) is 1.00. The standard InChI is InChI=1S/C11H2F22O3S.H3N/c12-1(3(15,16)17)2(13,14)4(18,19)5(20,21)6(22,23)7(24,25)8(26,27)9(28,29)10(30,31)11(32,33)37(34,35)36;/h1H,(H,34,35,36);1H3. The minimum Gasteiger partial charge on any atom is -0.743 e. The summed E-state index contributed by atoms with van der Waals surface area (Å²) in [5.74, 6) is -72.8. The fourth-order valence-corrected chi connectivity index (χ4v) is 2.34. The van der Waals surface area contributed by atoms with Crippen LogP contribution >= 0.6 is 0 Å². The van der Waals surface area contributed by atoms with E-state index in [1.807, 2.05) is 0 Å². The Bertz CT molecular complexity index is 968. The van der Waals surface area contributed by atoms with Crippen LogP contribution in [0.5, 0.6) is 0 Å². The Balaban J connectivity index is 0. The Hall–Kier alpha value is -1.67. The summed E-state index contributed by atoms with van der Waals surface area (Å²) < 4.78 is 315. The molecule has 0 aromatic heterocycles. The SMILES string of the molecule is O=S(=O)([O-])C(F)(F)C(F)(F)C(F)(F)C(F)(F)C(F)(F)C(F)(F)C(F)(F)C(F)(F)C(F)(F)C(F)C(F)(F)F.[NH4+]. The Morgan fingerprint density at radius 3 is 0.868 bits per heavy atom. The molecule has 1 atom stereocenters. The maximum Gasteiger partial charge on any atom is 0.425 e. The molecule has 0 saturated heterocycles. The molecule has 38 heavy (non-hydrogen) atoms. The zero-order chi connectivity index (χ0) is 31.1. The topological polar surface area (TPSA) is 93.7 Å². The number of quaternary nitrogens is 1. The molecule has 0 aliphatic carbocycles. The van der Waals surface area contributed by atoms with Crippen molar-refractivity contribution < 1.29 is 110 Å². The highest BCUT2D eigenvalue weighted by molar-refractivity contribution is 7.86. The molecule has 0 fully saturated rings. The van der Waals surface area contributed by atoms with Crippen LogP contribution in [0.25, 0.3) is 0 Å². The predicted molar refractivity (Wildman–Crippen MR) is 71.2 cm³/mol. The molecule has 0 aromatic rings. The summed E-state index contributed by atoms with van der Waals surface area (Å²) >= 11 is 0. The smallest absolute Gasteiger partial charge is 0.425 e. The van der Waals surface area contributed by atoms with E-state index in [1.54, 1.807) is 0 Å². The third-order valence-electron chi connectivity index (χ3n) is 4.07. The minimum absolute atomic E-state index is 0. The number of alkyl halides is 22. The van der Waals surface area contributed by atoms with Gasteiger partial charge in [-0.1, -0.05) is 0 Å². The monoisotopic (exact) mass is 649 g/mol. The van der Waals surface area contributed by atoms with E-state index >= 15 is 0 Å². The largest absolute Gasteiger partial charge is 0.743 e. The number of rotatable bonds is 10. The summed E-state index contributed by atoms with van der Waals surface area (Å²) in [5, 5.41) is -8.20. The van der Waals surface area contributed by atoms with Gasteiger partial charge in [0.1, 0.15) is 0 Å². The third-order valence-corrected chi connectivity index (χ3v) is 4.95. The molecule has 0 aromatic carbocycles. The number of hydrogen-bond acceptors (Lipinski definition) is 3. The van der Waals surface area contributed by atoms with E-state index in [2.05, 4.69) is 0 Å². The van der Waals surface area contributed by atoms with Crippen LogP contribution in [-0.4, -0.2) is 78.0 Å². The fourth-order valence-electron chi connectivity index (χ4n) is 1.90. The van der Waals surface area contributed by atoms with Gasteiger partial charge in [0.15, 0.2) is 10.1 Å². The number of halogens is 22. The average molecular weight is 649 g/mol. The molecular formula is C11H5F22NO3S. The van der Waals surface area contributed by atoms with E-state index in [1.165, 1.54) is 0 Å². The highest BCUT2D eigenvalue weighted by Crippen LogP contribution is 2.66. The van der Waals surface area contributed by atoms with Gasteiger partial charge in [-0.15, -0.1) is 0 Å². The maximum atomic E-state index is 13.4. The van der Waals surface area contributed by atoms with Crippen molar-refractivity contribution in [3.63, 3.8) is 0 Å². The van der Waals surface area contributed by atoms with Crippen LogP contribution < -0.4 is 6.15 Å². The van der Waals surface area contributed by atoms with Crippen molar-refractivity contribution in [3.05, 3.63) is 0 Å². The summed E-state index contributed by atoms with van der Waals surface area (Å²) in [5.41, 5.74) is 0. The summed E-state index contributed by atoms with van der Waals surface area (Å²) in [4.78, 5) is 0. The first kappa shape index (κ1) is 38.5. The Labute approximate surface area is 192 Å². The Morgan fingerprint density at radius 2 is 0.658 bits per heavy atom. The highest BCUT2D eigenvalue weighted by Gasteiger charge is 2.97. The third kappa shape index (κ3) is 4.57. The van der Waals surface area contributed by atoms with E-state index in [4.69, 9.17) is 0 Å². The van der Waals surface area contributed by atoms with Crippen LogP contribution in [0.4, 0.5) is 96.6 Å². The van der Waals surface area contributed by atoms with Crippen LogP contribution in [0.3, 0.4) is 0 Å². The molecule has 4 N–H and O–H groups in total. The summed E-state index contributed by atoms with van der Waals surface area (Å²) in [6.07, 6.45) is -14.1. The number of hydrogen-bond donors (Lipinski definition) is 1. The normalized spacial score (nSPS) is 17.2. The van der Waals surface area contributed by atoms with E-state index in [0.29, 0.717) is 0 Å². The van der Waals surface area contributed by atoms with Gasteiger partial charge in [-0.3, -0.25) is 0 Å². The van der Waals surface area contributed by atoms with Gasteiger partial charge in [0, 0.05) is 0 Å². The van der Waals surface area contributed by atoms with Crippen LogP contribution in [0.2, 0.25) is 0 Å². The van der Waals surface area contributed by atoms with Crippen LogP contribution in [0.1, 0.15) is 0 Å². The van der Waals surface area contributed by atoms with Crippen molar-refractivity contribution >= 4 is 10.1 Å². The molecule has 1 unspecified atom stereocenters.